The molecule has 0 spiro atoms. The van der Waals surface area contributed by atoms with E-state index >= 15 is 0 Å². The Labute approximate surface area is 78.0 Å². The number of benzene rings is 2. The Morgan fingerprint density at radius 1 is 1.23 bits per heavy atom. The van der Waals surface area contributed by atoms with Gasteiger partial charge in [0.05, 0.1) is 7.11 Å². The maximum absolute atomic E-state index is 5.15. The van der Waals surface area contributed by atoms with Crippen molar-refractivity contribution in [2.45, 2.75) is 6.92 Å². The van der Waals surface area contributed by atoms with Gasteiger partial charge in [0.1, 0.15) is 5.75 Å². The minimum Gasteiger partial charge on any atom is -0.496 e. The zero-order valence-corrected chi connectivity index (χ0v) is 7.79. The van der Waals surface area contributed by atoms with E-state index in [4.69, 9.17) is 4.74 Å². The average molecular weight is 171 g/mol. The average Bonchev–Trinajstić information content (AvgIpc) is 2.18. The number of fused-ring (bicyclic) bond motifs is 1. The van der Waals surface area contributed by atoms with Gasteiger partial charge in [-0.05, 0) is 29.3 Å². The van der Waals surface area contributed by atoms with Gasteiger partial charge in [0.2, 0.25) is 0 Å². The predicted octanol–water partition coefficient (Wildman–Crippen LogP) is 2.96. The highest BCUT2D eigenvalue weighted by Crippen LogP contribution is 2.23. The molecule has 0 bridgehead atoms. The molecule has 0 heterocycles. The van der Waals surface area contributed by atoms with Crippen molar-refractivity contribution in [3.8, 4) is 5.75 Å². The first-order valence-electron chi connectivity index (χ1n) is 4.27. The molecular weight excluding hydrogens is 160 g/mol. The topological polar surface area (TPSA) is 9.23 Å². The Kier molecular flexibility index (Phi) is 1.93. The monoisotopic (exact) mass is 171 g/mol. The molecule has 0 aliphatic rings. The van der Waals surface area contributed by atoms with Gasteiger partial charge in [0.15, 0.2) is 0 Å². The normalized spacial score (nSPS) is 10.3. The Hall–Kier alpha value is -1.50. The van der Waals surface area contributed by atoms with Gasteiger partial charge in [-0.1, -0.05) is 24.3 Å². The van der Waals surface area contributed by atoms with Crippen LogP contribution in [-0.4, -0.2) is 7.11 Å². The zero-order valence-electron chi connectivity index (χ0n) is 7.79. The summed E-state index contributed by atoms with van der Waals surface area (Å²) in [6.07, 6.45) is 0. The summed E-state index contributed by atoms with van der Waals surface area (Å²) in [5.41, 5.74) is 1.13. The van der Waals surface area contributed by atoms with Gasteiger partial charge >= 0.3 is 0 Å². The van der Waals surface area contributed by atoms with Gasteiger partial charge in [-0.3, -0.25) is 0 Å². The van der Waals surface area contributed by atoms with Gasteiger partial charge in [-0.2, -0.15) is 0 Å². The van der Waals surface area contributed by atoms with Crippen molar-refractivity contribution in [3.63, 3.8) is 0 Å². The fourth-order valence-corrected chi connectivity index (χ4v) is 1.50. The summed E-state index contributed by atoms with van der Waals surface area (Å²) in [5.74, 6) is 0.802. The van der Waals surface area contributed by atoms with Crippen molar-refractivity contribution in [2.75, 3.05) is 7.11 Å². The lowest BCUT2D eigenvalue weighted by Gasteiger charge is -2.04. The molecule has 0 fully saturated rings. The third kappa shape index (κ3) is 1.37. The number of hydrogen-bond acceptors (Lipinski definition) is 1. The summed E-state index contributed by atoms with van der Waals surface area (Å²) in [5, 5.41) is 2.44. The zero-order chi connectivity index (χ0) is 9.26. The Morgan fingerprint density at radius 3 is 2.77 bits per heavy atom. The van der Waals surface area contributed by atoms with Crippen molar-refractivity contribution in [1.29, 1.82) is 0 Å². The minimum absolute atomic E-state index is 0.802. The van der Waals surface area contributed by atoms with Crippen LogP contribution >= 0.6 is 0 Å². The van der Waals surface area contributed by atoms with Crippen LogP contribution < -0.4 is 4.74 Å². The molecule has 1 nitrogen and oxygen atoms in total. The van der Waals surface area contributed by atoms with Crippen LogP contribution in [0.3, 0.4) is 0 Å². The number of ether oxygens (including phenoxy) is 1. The van der Waals surface area contributed by atoms with Crippen LogP contribution in [0.2, 0.25) is 0 Å². The van der Waals surface area contributed by atoms with Gasteiger partial charge < -0.3 is 4.74 Å². The first-order valence-corrected chi connectivity index (χ1v) is 4.27. The van der Waals surface area contributed by atoms with Crippen LogP contribution in [-0.2, 0) is 0 Å². The van der Waals surface area contributed by atoms with E-state index in [2.05, 4.69) is 18.2 Å². The summed E-state index contributed by atoms with van der Waals surface area (Å²) in [6, 6.07) is 13.4. The number of aryl methyl sites for hydroxylation is 1. The lowest BCUT2D eigenvalue weighted by Crippen LogP contribution is -1.85. The summed E-state index contributed by atoms with van der Waals surface area (Å²) in [7, 11) is 1.67. The standard InChI is InChI=1S/C12H11O/c1-9-7-11(13-2)8-10-5-3-4-6-12(9)10/h3-6,8H,1-2H3. The molecule has 0 amide bonds. The molecular formula is C12H11O. The SMILES string of the molecule is COc1[c]c(C)c2ccccc2c1. The van der Waals surface area contributed by atoms with E-state index in [1.54, 1.807) is 7.11 Å². The predicted molar refractivity (Wildman–Crippen MR) is 54.1 cm³/mol. The van der Waals surface area contributed by atoms with Crippen molar-refractivity contribution in [3.05, 3.63) is 42.0 Å². The highest BCUT2D eigenvalue weighted by molar-refractivity contribution is 5.86. The van der Waals surface area contributed by atoms with E-state index in [1.165, 1.54) is 10.8 Å². The van der Waals surface area contributed by atoms with Crippen molar-refractivity contribution in [2.24, 2.45) is 0 Å². The number of hydrogen-bond donors (Lipinski definition) is 0. The summed E-state index contributed by atoms with van der Waals surface area (Å²) >= 11 is 0. The molecule has 0 N–H and O–H groups in total. The fourth-order valence-electron chi connectivity index (χ4n) is 1.50. The molecule has 0 aliphatic heterocycles. The third-order valence-corrected chi connectivity index (χ3v) is 2.18. The molecule has 1 heteroatoms. The van der Waals surface area contributed by atoms with Gasteiger partial charge in [0, 0.05) is 6.07 Å². The van der Waals surface area contributed by atoms with Crippen LogP contribution in [0.25, 0.3) is 10.8 Å². The Bertz CT molecular complexity index is 432. The second-order valence-corrected chi connectivity index (χ2v) is 3.05. The minimum atomic E-state index is 0.802. The fraction of sp³-hybridized carbons (Fsp3) is 0.167. The van der Waals surface area contributed by atoms with Crippen LogP contribution in [0, 0.1) is 13.0 Å². The summed E-state index contributed by atoms with van der Waals surface area (Å²) in [6.45, 7) is 2.05. The molecule has 0 saturated heterocycles. The number of rotatable bonds is 1. The van der Waals surface area contributed by atoms with E-state index in [1.807, 2.05) is 25.1 Å². The quantitative estimate of drug-likeness (QED) is 0.641. The van der Waals surface area contributed by atoms with Crippen LogP contribution in [0.15, 0.2) is 30.3 Å². The molecule has 65 valence electrons. The van der Waals surface area contributed by atoms with Crippen LogP contribution in [0.4, 0.5) is 0 Å². The molecule has 0 saturated carbocycles. The highest BCUT2D eigenvalue weighted by atomic mass is 16.5. The lowest BCUT2D eigenvalue weighted by atomic mass is 10.1. The molecule has 2 rings (SSSR count). The molecule has 2 aromatic rings. The summed E-state index contributed by atoms with van der Waals surface area (Å²) in [4.78, 5) is 0. The molecule has 1 radical (unpaired) electrons. The second kappa shape index (κ2) is 3.09. The van der Waals surface area contributed by atoms with Crippen molar-refractivity contribution < 1.29 is 4.74 Å². The van der Waals surface area contributed by atoms with Gasteiger partial charge in [0.25, 0.3) is 0 Å². The highest BCUT2D eigenvalue weighted by Gasteiger charge is 1.99. The molecule has 0 unspecified atom stereocenters. The Morgan fingerprint density at radius 2 is 2.00 bits per heavy atom. The second-order valence-electron chi connectivity index (χ2n) is 3.05. The maximum Gasteiger partial charge on any atom is 0.127 e. The molecule has 0 atom stereocenters. The van der Waals surface area contributed by atoms with Crippen molar-refractivity contribution in [1.82, 2.24) is 0 Å². The van der Waals surface area contributed by atoms with E-state index in [-0.39, 0.29) is 0 Å². The first kappa shape index (κ1) is 8.11. The van der Waals surface area contributed by atoms with E-state index in [0.29, 0.717) is 0 Å². The summed E-state index contributed by atoms with van der Waals surface area (Å²) < 4.78 is 5.15. The van der Waals surface area contributed by atoms with E-state index in [9.17, 15) is 0 Å². The Balaban J connectivity index is 2.77. The molecule has 13 heavy (non-hydrogen) atoms. The molecule has 2 aromatic carbocycles. The van der Waals surface area contributed by atoms with Gasteiger partial charge in [-0.25, -0.2) is 0 Å². The third-order valence-electron chi connectivity index (χ3n) is 2.18. The van der Waals surface area contributed by atoms with Crippen molar-refractivity contribution >= 4 is 10.8 Å². The molecule has 0 aliphatic carbocycles. The van der Waals surface area contributed by atoms with E-state index in [0.717, 1.165) is 11.3 Å². The lowest BCUT2D eigenvalue weighted by molar-refractivity contribution is 0.414. The van der Waals surface area contributed by atoms with Gasteiger partial charge in [-0.15, -0.1) is 0 Å². The van der Waals surface area contributed by atoms with Crippen LogP contribution in [0.1, 0.15) is 5.56 Å². The first-order chi connectivity index (χ1) is 6.31. The smallest absolute Gasteiger partial charge is 0.127 e. The van der Waals surface area contributed by atoms with Crippen LogP contribution in [0.5, 0.6) is 5.75 Å². The molecule has 0 aromatic heterocycles. The largest absolute Gasteiger partial charge is 0.496 e. The van der Waals surface area contributed by atoms with E-state index < -0.39 is 0 Å². The number of methoxy groups -OCH3 is 1. The maximum atomic E-state index is 5.15.